The van der Waals surface area contributed by atoms with E-state index in [1.54, 1.807) is 7.05 Å². The molecule has 128 valence electrons. The summed E-state index contributed by atoms with van der Waals surface area (Å²) in [5, 5.41) is 5.98. The van der Waals surface area contributed by atoms with E-state index in [0.717, 1.165) is 32.0 Å². The molecule has 0 spiro atoms. The smallest absolute Gasteiger partial charge is 0.356 e. The summed E-state index contributed by atoms with van der Waals surface area (Å²) < 4.78 is 36.5. The molecule has 1 aliphatic carbocycles. The van der Waals surface area contributed by atoms with Gasteiger partial charge in [0.25, 0.3) is 0 Å². The molecule has 0 amide bonds. The summed E-state index contributed by atoms with van der Waals surface area (Å²) in [4.78, 5) is 6.48. The normalized spacial score (nSPS) is 24.9. The zero-order valence-electron chi connectivity index (χ0n) is 13.3. The van der Waals surface area contributed by atoms with Crippen LogP contribution in [-0.2, 0) is 0 Å². The van der Waals surface area contributed by atoms with Gasteiger partial charge in [-0.25, -0.2) is 0 Å². The van der Waals surface area contributed by atoms with Gasteiger partial charge >= 0.3 is 6.18 Å². The van der Waals surface area contributed by atoms with Crippen LogP contribution in [-0.4, -0.2) is 56.3 Å². The maximum atomic E-state index is 12.2. The van der Waals surface area contributed by atoms with Crippen LogP contribution in [0.2, 0.25) is 0 Å². The molecule has 0 bridgehead atoms. The van der Waals surface area contributed by atoms with Crippen molar-refractivity contribution in [2.45, 2.75) is 50.7 Å². The van der Waals surface area contributed by atoms with Crippen molar-refractivity contribution in [1.82, 2.24) is 15.5 Å². The molecule has 1 heterocycles. The van der Waals surface area contributed by atoms with Crippen molar-refractivity contribution in [3.05, 3.63) is 0 Å². The van der Waals surface area contributed by atoms with Gasteiger partial charge in [-0.2, -0.15) is 13.2 Å². The fourth-order valence-corrected chi connectivity index (χ4v) is 3.39. The van der Waals surface area contributed by atoms with Crippen LogP contribution in [0.3, 0.4) is 0 Å². The third kappa shape index (κ3) is 6.02. The predicted octanol–water partition coefficient (Wildman–Crippen LogP) is 2.37. The molecule has 1 saturated heterocycles. The first kappa shape index (κ1) is 17.4. The highest BCUT2D eigenvalue weighted by Crippen LogP contribution is 2.26. The molecular formula is C15H27F3N4. The average molecular weight is 320 g/mol. The summed E-state index contributed by atoms with van der Waals surface area (Å²) >= 11 is 0. The van der Waals surface area contributed by atoms with Crippen LogP contribution < -0.4 is 10.6 Å². The molecular weight excluding hydrogens is 293 g/mol. The minimum Gasteiger partial charge on any atom is -0.356 e. The van der Waals surface area contributed by atoms with Gasteiger partial charge in [-0.05, 0) is 25.2 Å². The minimum atomic E-state index is -4.13. The van der Waals surface area contributed by atoms with Gasteiger partial charge in [0, 0.05) is 39.3 Å². The van der Waals surface area contributed by atoms with Gasteiger partial charge in [-0.15, -0.1) is 0 Å². The molecule has 4 nitrogen and oxygen atoms in total. The standard InChI is InChI=1S/C15H27F3N4/c1-19-14(20-8-7-15(16,17)18)21-13-6-9-22(11-13)10-12-4-2-3-5-12/h12-13H,2-11H2,1H3,(H2,19,20,21). The third-order valence-corrected chi connectivity index (χ3v) is 4.53. The highest BCUT2D eigenvalue weighted by Gasteiger charge is 2.28. The third-order valence-electron chi connectivity index (χ3n) is 4.53. The second-order valence-corrected chi connectivity index (χ2v) is 6.40. The van der Waals surface area contributed by atoms with Crippen molar-refractivity contribution in [1.29, 1.82) is 0 Å². The van der Waals surface area contributed by atoms with E-state index in [-0.39, 0.29) is 12.6 Å². The number of halogens is 3. The quantitative estimate of drug-likeness (QED) is 0.603. The summed E-state index contributed by atoms with van der Waals surface area (Å²) in [5.74, 6) is 1.31. The van der Waals surface area contributed by atoms with Gasteiger partial charge in [-0.1, -0.05) is 12.8 Å². The van der Waals surface area contributed by atoms with Crippen molar-refractivity contribution in [3.63, 3.8) is 0 Å². The first-order valence-electron chi connectivity index (χ1n) is 8.22. The van der Waals surface area contributed by atoms with Crippen LogP contribution in [0.25, 0.3) is 0 Å². The van der Waals surface area contributed by atoms with E-state index in [9.17, 15) is 13.2 Å². The molecule has 0 aromatic carbocycles. The average Bonchev–Trinajstić information content (AvgIpc) is 3.09. The minimum absolute atomic E-state index is 0.137. The second-order valence-electron chi connectivity index (χ2n) is 6.40. The topological polar surface area (TPSA) is 39.7 Å². The number of alkyl halides is 3. The number of guanidine groups is 1. The van der Waals surface area contributed by atoms with E-state index in [2.05, 4.69) is 20.5 Å². The molecule has 2 rings (SSSR count). The number of hydrogen-bond acceptors (Lipinski definition) is 2. The van der Waals surface area contributed by atoms with Crippen molar-refractivity contribution >= 4 is 5.96 Å². The van der Waals surface area contributed by atoms with Crippen molar-refractivity contribution in [2.75, 3.05) is 33.2 Å². The lowest BCUT2D eigenvalue weighted by atomic mass is 10.1. The molecule has 2 N–H and O–H groups in total. The summed E-state index contributed by atoms with van der Waals surface area (Å²) in [6, 6.07) is 0.276. The van der Waals surface area contributed by atoms with Gasteiger partial charge in [0.2, 0.25) is 0 Å². The summed E-state index contributed by atoms with van der Waals surface area (Å²) in [5.41, 5.74) is 0. The van der Waals surface area contributed by atoms with Crippen LogP contribution in [0, 0.1) is 5.92 Å². The Bertz CT molecular complexity index is 364. The Morgan fingerprint density at radius 3 is 2.59 bits per heavy atom. The van der Waals surface area contributed by atoms with Crippen LogP contribution in [0.5, 0.6) is 0 Å². The molecule has 2 aliphatic rings. The fraction of sp³-hybridized carbons (Fsp3) is 0.933. The molecule has 1 atom stereocenters. The molecule has 1 aliphatic heterocycles. The Hall–Kier alpha value is -0.980. The van der Waals surface area contributed by atoms with Crippen LogP contribution >= 0.6 is 0 Å². The van der Waals surface area contributed by atoms with Crippen molar-refractivity contribution < 1.29 is 13.2 Å². The first-order chi connectivity index (χ1) is 10.5. The number of nitrogens with zero attached hydrogens (tertiary/aromatic N) is 2. The molecule has 0 aromatic rings. The SMILES string of the molecule is CN=C(NCCC(F)(F)F)NC1CCN(CC2CCCC2)C1. The summed E-state index contributed by atoms with van der Waals surface area (Å²) in [6.07, 6.45) is 1.45. The number of hydrogen-bond donors (Lipinski definition) is 2. The van der Waals surface area contributed by atoms with E-state index in [1.165, 1.54) is 25.7 Å². The second kappa shape index (κ2) is 8.04. The Labute approximate surface area is 130 Å². The first-order valence-corrected chi connectivity index (χ1v) is 8.22. The Balaban J connectivity index is 1.66. The van der Waals surface area contributed by atoms with E-state index >= 15 is 0 Å². The molecule has 2 fully saturated rings. The van der Waals surface area contributed by atoms with Gasteiger partial charge in [0.1, 0.15) is 0 Å². The predicted molar refractivity (Wildman–Crippen MR) is 82.0 cm³/mol. The molecule has 0 aromatic heterocycles. The summed E-state index contributed by atoms with van der Waals surface area (Å²) in [7, 11) is 1.59. The molecule has 1 saturated carbocycles. The van der Waals surface area contributed by atoms with E-state index in [0.29, 0.717) is 5.96 Å². The number of nitrogens with one attached hydrogen (secondary N) is 2. The molecule has 22 heavy (non-hydrogen) atoms. The van der Waals surface area contributed by atoms with Crippen LogP contribution in [0.4, 0.5) is 13.2 Å². The van der Waals surface area contributed by atoms with Crippen molar-refractivity contribution in [2.24, 2.45) is 10.9 Å². The zero-order valence-corrected chi connectivity index (χ0v) is 13.3. The maximum absolute atomic E-state index is 12.2. The van der Waals surface area contributed by atoms with E-state index in [4.69, 9.17) is 0 Å². The van der Waals surface area contributed by atoms with Crippen molar-refractivity contribution in [3.8, 4) is 0 Å². The highest BCUT2D eigenvalue weighted by molar-refractivity contribution is 5.79. The Kier molecular flexibility index (Phi) is 6.35. The van der Waals surface area contributed by atoms with E-state index in [1.807, 2.05) is 0 Å². The Morgan fingerprint density at radius 1 is 1.23 bits per heavy atom. The maximum Gasteiger partial charge on any atom is 0.390 e. The lowest BCUT2D eigenvalue weighted by Crippen LogP contribution is -2.45. The van der Waals surface area contributed by atoms with E-state index < -0.39 is 12.6 Å². The lowest BCUT2D eigenvalue weighted by Gasteiger charge is -2.21. The molecule has 0 radical (unpaired) electrons. The van der Waals surface area contributed by atoms with Gasteiger partial charge < -0.3 is 15.5 Å². The number of likely N-dealkylation sites (tertiary alicyclic amines) is 1. The Morgan fingerprint density at radius 2 is 1.95 bits per heavy atom. The van der Waals surface area contributed by atoms with Gasteiger partial charge in [0.05, 0.1) is 6.42 Å². The largest absolute Gasteiger partial charge is 0.390 e. The lowest BCUT2D eigenvalue weighted by molar-refractivity contribution is -0.132. The monoisotopic (exact) mass is 320 g/mol. The van der Waals surface area contributed by atoms with Gasteiger partial charge in [-0.3, -0.25) is 4.99 Å². The molecule has 1 unspecified atom stereocenters. The zero-order chi connectivity index (χ0) is 16.0. The van der Waals surface area contributed by atoms with Crippen LogP contribution in [0.1, 0.15) is 38.5 Å². The summed E-state index contributed by atoms with van der Waals surface area (Å²) in [6.45, 7) is 3.05. The highest BCUT2D eigenvalue weighted by atomic mass is 19.4. The number of aliphatic imine (C=N–C) groups is 1. The number of rotatable bonds is 5. The fourth-order valence-electron chi connectivity index (χ4n) is 3.39. The molecule has 7 heteroatoms. The van der Waals surface area contributed by atoms with Gasteiger partial charge in [0.15, 0.2) is 5.96 Å². The van der Waals surface area contributed by atoms with Crippen LogP contribution in [0.15, 0.2) is 4.99 Å².